The van der Waals surface area contributed by atoms with Crippen LogP contribution in [0.1, 0.15) is 25.3 Å². The van der Waals surface area contributed by atoms with Crippen molar-refractivity contribution in [3.05, 3.63) is 47.5 Å². The van der Waals surface area contributed by atoms with E-state index in [0.29, 0.717) is 19.6 Å². The van der Waals surface area contributed by atoms with Gasteiger partial charge in [0.25, 0.3) is 0 Å². The highest BCUT2D eigenvalue weighted by Crippen LogP contribution is 2.15. The summed E-state index contributed by atoms with van der Waals surface area (Å²) in [5.74, 6) is 0. The normalized spacial score (nSPS) is 13.1. The Morgan fingerprint density at radius 2 is 2.05 bits per heavy atom. The summed E-state index contributed by atoms with van der Waals surface area (Å²) < 4.78 is 16.2. The zero-order chi connectivity index (χ0) is 15.3. The van der Waals surface area contributed by atoms with Gasteiger partial charge in [-0.1, -0.05) is 43.3 Å². The molecular weight excluding hydrogens is 268 g/mol. The summed E-state index contributed by atoms with van der Waals surface area (Å²) in [5, 5.41) is 0. The van der Waals surface area contributed by atoms with E-state index in [0.717, 1.165) is 23.8 Å². The second kappa shape index (κ2) is 11.2. The van der Waals surface area contributed by atoms with Gasteiger partial charge < -0.3 is 19.0 Å². The number of carbonyl (C=O) groups excluding carboxylic acids is 1. The minimum absolute atomic E-state index is 0.230. The molecule has 0 amide bonds. The summed E-state index contributed by atoms with van der Waals surface area (Å²) in [6, 6.07) is 9.91. The second-order valence-corrected chi connectivity index (χ2v) is 4.63. The number of aldehydes is 1. The van der Waals surface area contributed by atoms with Crippen LogP contribution in [0.2, 0.25) is 0 Å². The molecule has 1 atom stereocenters. The number of benzene rings is 1. The summed E-state index contributed by atoms with van der Waals surface area (Å²) in [5.41, 5.74) is 2.07. The molecule has 4 heteroatoms. The number of ether oxygens (including phenoxy) is 3. The average Bonchev–Trinajstić information content (AvgIpc) is 2.52. The van der Waals surface area contributed by atoms with E-state index in [-0.39, 0.29) is 12.9 Å². The Labute approximate surface area is 126 Å². The van der Waals surface area contributed by atoms with Gasteiger partial charge in [0.15, 0.2) is 0 Å². The van der Waals surface area contributed by atoms with Crippen LogP contribution >= 0.6 is 0 Å². The monoisotopic (exact) mass is 292 g/mol. The lowest BCUT2D eigenvalue weighted by Gasteiger charge is -2.19. The maximum atomic E-state index is 10.9. The van der Waals surface area contributed by atoms with E-state index in [4.69, 9.17) is 14.2 Å². The lowest BCUT2D eigenvalue weighted by atomic mass is 10.1. The van der Waals surface area contributed by atoms with E-state index in [2.05, 4.69) is 6.08 Å². The van der Waals surface area contributed by atoms with E-state index < -0.39 is 0 Å². The van der Waals surface area contributed by atoms with E-state index in [1.54, 1.807) is 7.11 Å². The topological polar surface area (TPSA) is 44.8 Å². The van der Waals surface area contributed by atoms with Gasteiger partial charge in [0.05, 0.1) is 19.3 Å². The summed E-state index contributed by atoms with van der Waals surface area (Å²) >= 11 is 0. The van der Waals surface area contributed by atoms with E-state index in [1.807, 2.05) is 37.3 Å². The molecule has 0 spiro atoms. The van der Waals surface area contributed by atoms with E-state index in [9.17, 15) is 4.79 Å². The number of carbonyl (C=O) groups is 1. The van der Waals surface area contributed by atoms with Gasteiger partial charge in [-0.15, -0.1) is 0 Å². The highest BCUT2D eigenvalue weighted by atomic mass is 16.7. The highest BCUT2D eigenvalue weighted by molar-refractivity contribution is 5.51. The molecule has 0 aliphatic carbocycles. The van der Waals surface area contributed by atoms with Crippen molar-refractivity contribution in [2.75, 3.05) is 20.5 Å². The fourth-order valence-electron chi connectivity index (χ4n) is 1.97. The molecule has 0 bridgehead atoms. The van der Waals surface area contributed by atoms with E-state index >= 15 is 0 Å². The molecule has 0 fully saturated rings. The predicted octanol–water partition coefficient (Wildman–Crippen LogP) is 3.12. The van der Waals surface area contributed by atoms with Crippen molar-refractivity contribution in [3.63, 3.8) is 0 Å². The zero-order valence-corrected chi connectivity index (χ0v) is 12.8. The number of rotatable bonds is 11. The molecule has 0 aliphatic rings. The smallest absolute Gasteiger partial charge is 0.146 e. The largest absolute Gasteiger partial charge is 0.369 e. The summed E-state index contributed by atoms with van der Waals surface area (Å²) in [4.78, 5) is 10.9. The lowest BCUT2D eigenvalue weighted by molar-refractivity contribution is -0.110. The van der Waals surface area contributed by atoms with Crippen molar-refractivity contribution in [2.45, 2.75) is 32.5 Å². The van der Waals surface area contributed by atoms with Gasteiger partial charge in [0.2, 0.25) is 0 Å². The first-order valence-corrected chi connectivity index (χ1v) is 7.16. The van der Waals surface area contributed by atoms with Crippen LogP contribution < -0.4 is 0 Å². The molecule has 1 rings (SSSR count). The first-order valence-electron chi connectivity index (χ1n) is 7.16. The molecule has 116 valence electrons. The summed E-state index contributed by atoms with van der Waals surface area (Å²) in [6.45, 7) is 3.17. The van der Waals surface area contributed by atoms with Crippen LogP contribution in [0.4, 0.5) is 0 Å². The third kappa shape index (κ3) is 7.18. The third-order valence-corrected chi connectivity index (χ3v) is 2.95. The predicted molar refractivity (Wildman–Crippen MR) is 81.9 cm³/mol. The Hall–Kier alpha value is -1.49. The molecule has 0 N–H and O–H groups in total. The van der Waals surface area contributed by atoms with Crippen LogP contribution in [0, 0.1) is 0 Å². The molecule has 0 saturated carbocycles. The van der Waals surface area contributed by atoms with Crippen LogP contribution in [0.15, 0.2) is 42.0 Å². The Morgan fingerprint density at radius 1 is 1.29 bits per heavy atom. The molecule has 0 radical (unpaired) electrons. The molecule has 1 aromatic carbocycles. The minimum atomic E-state index is -0.250. The molecule has 0 aromatic heterocycles. The van der Waals surface area contributed by atoms with E-state index in [1.165, 1.54) is 0 Å². The number of methoxy groups -OCH3 is 1. The molecular formula is C17H24O4. The number of hydrogen-bond donors (Lipinski definition) is 0. The molecule has 21 heavy (non-hydrogen) atoms. The van der Waals surface area contributed by atoms with Crippen LogP contribution in [0.5, 0.6) is 0 Å². The van der Waals surface area contributed by atoms with Crippen LogP contribution in [0.25, 0.3) is 0 Å². The standard InChI is InChI=1S/C17H24O4/c1-3-7-16(13-20-14-19-2)17(10-11-18)21-12-15-8-5-4-6-9-15/h4-9,11,17H,3,10,12-14H2,1-2H3/b16-7+. The Morgan fingerprint density at radius 3 is 2.67 bits per heavy atom. The van der Waals surface area contributed by atoms with Gasteiger partial charge in [0.1, 0.15) is 13.1 Å². The quantitative estimate of drug-likeness (QED) is 0.272. The second-order valence-electron chi connectivity index (χ2n) is 4.63. The van der Waals surface area contributed by atoms with Gasteiger partial charge in [-0.3, -0.25) is 0 Å². The van der Waals surface area contributed by atoms with Crippen molar-refractivity contribution >= 4 is 6.29 Å². The lowest BCUT2D eigenvalue weighted by Crippen LogP contribution is -2.20. The number of hydrogen-bond acceptors (Lipinski definition) is 4. The van der Waals surface area contributed by atoms with Crippen molar-refractivity contribution in [1.29, 1.82) is 0 Å². The molecule has 1 unspecified atom stereocenters. The highest BCUT2D eigenvalue weighted by Gasteiger charge is 2.15. The third-order valence-electron chi connectivity index (χ3n) is 2.95. The maximum absolute atomic E-state index is 10.9. The molecule has 4 nitrogen and oxygen atoms in total. The van der Waals surface area contributed by atoms with Crippen molar-refractivity contribution in [2.24, 2.45) is 0 Å². The van der Waals surface area contributed by atoms with Crippen molar-refractivity contribution in [3.8, 4) is 0 Å². The SMILES string of the molecule is CC/C=C(\COCOC)C(CC=O)OCc1ccccc1. The minimum Gasteiger partial charge on any atom is -0.369 e. The van der Waals surface area contributed by atoms with Crippen molar-refractivity contribution < 1.29 is 19.0 Å². The fraction of sp³-hybridized carbons (Fsp3) is 0.471. The Bertz CT molecular complexity index is 414. The van der Waals surface area contributed by atoms with Gasteiger partial charge in [0, 0.05) is 13.5 Å². The zero-order valence-electron chi connectivity index (χ0n) is 12.8. The molecule has 0 heterocycles. The Kier molecular flexibility index (Phi) is 9.37. The van der Waals surface area contributed by atoms with Crippen LogP contribution in [-0.2, 0) is 25.6 Å². The summed E-state index contributed by atoms with van der Waals surface area (Å²) in [7, 11) is 1.58. The molecule has 1 aromatic rings. The van der Waals surface area contributed by atoms with Crippen LogP contribution in [-0.4, -0.2) is 32.9 Å². The van der Waals surface area contributed by atoms with Crippen molar-refractivity contribution in [1.82, 2.24) is 0 Å². The number of allylic oxidation sites excluding steroid dienone is 1. The Balaban J connectivity index is 2.62. The fourth-order valence-corrected chi connectivity index (χ4v) is 1.97. The van der Waals surface area contributed by atoms with Crippen LogP contribution in [0.3, 0.4) is 0 Å². The molecule has 0 aliphatic heterocycles. The molecule has 0 saturated heterocycles. The maximum Gasteiger partial charge on any atom is 0.146 e. The first-order chi connectivity index (χ1) is 10.3. The first kappa shape index (κ1) is 17.6. The van der Waals surface area contributed by atoms with Gasteiger partial charge in [-0.2, -0.15) is 0 Å². The van der Waals surface area contributed by atoms with Gasteiger partial charge in [-0.25, -0.2) is 0 Å². The average molecular weight is 292 g/mol. The van der Waals surface area contributed by atoms with Gasteiger partial charge in [-0.05, 0) is 17.6 Å². The van der Waals surface area contributed by atoms with Gasteiger partial charge >= 0.3 is 0 Å². The summed E-state index contributed by atoms with van der Waals surface area (Å²) in [6.07, 6.45) is 3.88.